The Kier molecular flexibility index (Phi) is 5.19. The summed E-state index contributed by atoms with van der Waals surface area (Å²) in [6.45, 7) is 0. The second-order valence-corrected chi connectivity index (χ2v) is 8.66. The van der Waals surface area contributed by atoms with E-state index in [1.165, 1.54) is 0 Å². The number of nitrogens with zero attached hydrogens (tertiary/aromatic N) is 2. The molecule has 5 nitrogen and oxygen atoms in total. The summed E-state index contributed by atoms with van der Waals surface area (Å²) >= 11 is 3.26. The molecule has 0 aliphatic heterocycles. The predicted octanol–water partition coefficient (Wildman–Crippen LogP) is 6.35. The summed E-state index contributed by atoms with van der Waals surface area (Å²) in [7, 11) is 1.60. The van der Waals surface area contributed by atoms with Gasteiger partial charge in [0.2, 0.25) is 0 Å². The van der Waals surface area contributed by atoms with Gasteiger partial charge in [0.25, 0.3) is 5.91 Å². The van der Waals surface area contributed by atoms with Gasteiger partial charge in [-0.15, -0.1) is 22.7 Å². The van der Waals surface area contributed by atoms with Crippen LogP contribution in [0.15, 0.2) is 77.5 Å². The largest absolute Gasteiger partial charge is 0.497 e. The fraction of sp³-hybridized carbons (Fsp3) is 0.0417. The van der Waals surface area contributed by atoms with E-state index in [9.17, 15) is 4.79 Å². The molecule has 0 unspecified atom stereocenters. The minimum Gasteiger partial charge on any atom is -0.497 e. The van der Waals surface area contributed by atoms with Crippen molar-refractivity contribution in [1.29, 1.82) is 0 Å². The highest BCUT2D eigenvalue weighted by Gasteiger charge is 2.16. The Morgan fingerprint density at radius 3 is 2.19 bits per heavy atom. The Morgan fingerprint density at radius 2 is 1.55 bits per heavy atom. The maximum atomic E-state index is 12.8. The van der Waals surface area contributed by atoms with Crippen molar-refractivity contribution in [3.8, 4) is 26.9 Å². The topological polar surface area (TPSA) is 64.1 Å². The molecule has 0 aliphatic carbocycles. The number of amides is 1. The van der Waals surface area contributed by atoms with E-state index in [4.69, 9.17) is 14.7 Å². The molecule has 152 valence electrons. The lowest BCUT2D eigenvalue weighted by Gasteiger charge is -2.10. The third-order valence-electron chi connectivity index (χ3n) is 4.76. The molecular formula is C24H17N3O2S2. The molecule has 0 atom stereocenters. The van der Waals surface area contributed by atoms with Crippen molar-refractivity contribution in [3.63, 3.8) is 0 Å². The zero-order valence-corrected chi connectivity index (χ0v) is 18.2. The van der Waals surface area contributed by atoms with Crippen LogP contribution in [0.3, 0.4) is 0 Å². The van der Waals surface area contributed by atoms with Gasteiger partial charge in [-0.05, 0) is 53.2 Å². The van der Waals surface area contributed by atoms with E-state index >= 15 is 0 Å². The number of methoxy groups -OCH3 is 1. The second-order valence-electron chi connectivity index (χ2n) is 6.76. The Balaban J connectivity index is 1.55. The monoisotopic (exact) mass is 443 g/mol. The number of nitrogens with one attached hydrogen (secondary N) is 1. The first-order valence-electron chi connectivity index (χ1n) is 9.56. The van der Waals surface area contributed by atoms with Crippen molar-refractivity contribution in [2.75, 3.05) is 12.4 Å². The number of hydrogen-bond donors (Lipinski definition) is 1. The summed E-state index contributed by atoms with van der Waals surface area (Å²) in [6.07, 6.45) is 0. The molecule has 5 rings (SSSR count). The fourth-order valence-corrected chi connectivity index (χ4v) is 4.70. The number of thiophene rings is 2. The van der Waals surface area contributed by atoms with Gasteiger partial charge in [0, 0.05) is 17.3 Å². The van der Waals surface area contributed by atoms with Crippen LogP contribution in [0.4, 0.5) is 5.69 Å². The number of rotatable bonds is 5. The number of carbonyl (C=O) groups excluding carboxylic acids is 1. The van der Waals surface area contributed by atoms with Crippen molar-refractivity contribution in [2.45, 2.75) is 0 Å². The van der Waals surface area contributed by atoms with Crippen LogP contribution in [0.25, 0.3) is 32.2 Å². The number of fused-ring (bicyclic) bond motifs is 1. The quantitative estimate of drug-likeness (QED) is 0.344. The van der Waals surface area contributed by atoms with Crippen molar-refractivity contribution in [2.24, 2.45) is 0 Å². The maximum absolute atomic E-state index is 12.8. The molecule has 3 aromatic heterocycles. The van der Waals surface area contributed by atoms with Crippen molar-refractivity contribution < 1.29 is 9.53 Å². The Bertz CT molecular complexity index is 1360. The van der Waals surface area contributed by atoms with Crippen LogP contribution in [-0.2, 0) is 0 Å². The molecule has 0 radical (unpaired) electrons. The molecule has 31 heavy (non-hydrogen) atoms. The average Bonchev–Trinajstić information content (AvgIpc) is 3.52. The highest BCUT2D eigenvalue weighted by atomic mass is 32.1. The summed E-state index contributed by atoms with van der Waals surface area (Å²) in [6, 6.07) is 20.8. The van der Waals surface area contributed by atoms with Crippen LogP contribution in [0.2, 0.25) is 0 Å². The van der Waals surface area contributed by atoms with E-state index in [-0.39, 0.29) is 5.91 Å². The third-order valence-corrected chi connectivity index (χ3v) is 6.52. The normalized spacial score (nSPS) is 10.9. The molecule has 0 spiro atoms. The van der Waals surface area contributed by atoms with E-state index in [1.807, 2.05) is 59.3 Å². The lowest BCUT2D eigenvalue weighted by molar-refractivity contribution is 0.102. The summed E-state index contributed by atoms with van der Waals surface area (Å²) in [5.41, 5.74) is 4.31. The summed E-state index contributed by atoms with van der Waals surface area (Å²) in [5, 5.41) is 6.97. The minimum absolute atomic E-state index is 0.211. The van der Waals surface area contributed by atoms with Gasteiger partial charge < -0.3 is 10.1 Å². The second kappa shape index (κ2) is 8.29. The van der Waals surface area contributed by atoms with Gasteiger partial charge in [-0.25, -0.2) is 9.97 Å². The molecule has 0 saturated heterocycles. The summed E-state index contributed by atoms with van der Waals surface area (Å²) in [5.74, 6) is 0.473. The predicted molar refractivity (Wildman–Crippen MR) is 127 cm³/mol. The molecule has 3 heterocycles. The van der Waals surface area contributed by atoms with Gasteiger partial charge in [-0.3, -0.25) is 4.79 Å². The highest BCUT2D eigenvalue weighted by molar-refractivity contribution is 7.14. The molecule has 1 amide bonds. The highest BCUT2D eigenvalue weighted by Crippen LogP contribution is 2.35. The Hall–Kier alpha value is -3.55. The van der Waals surface area contributed by atoms with Gasteiger partial charge in [0.05, 0.1) is 27.9 Å². The first kappa shape index (κ1) is 19.4. The molecule has 1 N–H and O–H groups in total. The van der Waals surface area contributed by atoms with Crippen LogP contribution in [-0.4, -0.2) is 23.0 Å². The van der Waals surface area contributed by atoms with E-state index in [0.717, 1.165) is 26.7 Å². The smallest absolute Gasteiger partial charge is 0.255 e. The van der Waals surface area contributed by atoms with Gasteiger partial charge in [0.15, 0.2) is 0 Å². The van der Waals surface area contributed by atoms with Crippen LogP contribution < -0.4 is 10.1 Å². The van der Waals surface area contributed by atoms with E-state index in [0.29, 0.717) is 22.5 Å². The lowest BCUT2D eigenvalue weighted by atomic mass is 10.1. The standard InChI is InChI=1S/C24H17N3O2S2/c1-29-17-6-2-5-16(14-17)25-24(28)15-9-10-18-19(13-15)27-23(21-8-4-12-31-21)22(26-18)20-7-3-11-30-20/h2-14H,1H3,(H,25,28). The number of hydrogen-bond acceptors (Lipinski definition) is 6. The molecule has 0 aliphatic rings. The molecule has 7 heteroatoms. The number of benzene rings is 2. The molecule has 5 aromatic rings. The number of ether oxygens (including phenoxy) is 1. The molecule has 2 aromatic carbocycles. The van der Waals surface area contributed by atoms with Crippen molar-refractivity contribution in [1.82, 2.24) is 9.97 Å². The molecule has 0 fully saturated rings. The van der Waals surface area contributed by atoms with E-state index in [2.05, 4.69) is 5.32 Å². The molecule has 0 bridgehead atoms. The van der Waals surface area contributed by atoms with Gasteiger partial charge in [-0.1, -0.05) is 18.2 Å². The average molecular weight is 444 g/mol. The molecule has 0 saturated carbocycles. The maximum Gasteiger partial charge on any atom is 0.255 e. The SMILES string of the molecule is COc1cccc(NC(=O)c2ccc3nc(-c4cccs4)c(-c4cccs4)nc3c2)c1. The Labute approximate surface area is 187 Å². The third kappa shape index (κ3) is 3.93. The number of anilines is 1. The van der Waals surface area contributed by atoms with Crippen molar-refractivity contribution >= 4 is 45.3 Å². The van der Waals surface area contributed by atoms with Crippen molar-refractivity contribution in [3.05, 3.63) is 83.1 Å². The summed E-state index contributed by atoms with van der Waals surface area (Å²) < 4.78 is 5.22. The van der Waals surface area contributed by atoms with Crippen LogP contribution in [0.5, 0.6) is 5.75 Å². The van der Waals surface area contributed by atoms with Gasteiger partial charge in [0.1, 0.15) is 17.1 Å². The van der Waals surface area contributed by atoms with Gasteiger partial charge >= 0.3 is 0 Å². The minimum atomic E-state index is -0.211. The van der Waals surface area contributed by atoms with E-state index in [1.54, 1.807) is 48.0 Å². The van der Waals surface area contributed by atoms with Crippen LogP contribution >= 0.6 is 22.7 Å². The fourth-order valence-electron chi connectivity index (χ4n) is 3.27. The lowest BCUT2D eigenvalue weighted by Crippen LogP contribution is -2.12. The summed E-state index contributed by atoms with van der Waals surface area (Å²) in [4.78, 5) is 24.7. The zero-order chi connectivity index (χ0) is 21.2. The zero-order valence-electron chi connectivity index (χ0n) is 16.5. The van der Waals surface area contributed by atoms with Gasteiger partial charge in [-0.2, -0.15) is 0 Å². The first-order valence-corrected chi connectivity index (χ1v) is 11.3. The molecular weight excluding hydrogens is 426 g/mol. The number of aromatic nitrogens is 2. The first-order chi connectivity index (χ1) is 15.2. The number of carbonyl (C=O) groups is 1. The van der Waals surface area contributed by atoms with Crippen LogP contribution in [0.1, 0.15) is 10.4 Å². The van der Waals surface area contributed by atoms with Crippen LogP contribution in [0, 0.1) is 0 Å². The Morgan fingerprint density at radius 1 is 0.839 bits per heavy atom. The van der Waals surface area contributed by atoms with E-state index < -0.39 is 0 Å².